The molecule has 0 aromatic rings. The van der Waals surface area contributed by atoms with Crippen molar-refractivity contribution < 1.29 is 31.1 Å². The average molecular weight is 322 g/mol. The summed E-state index contributed by atoms with van der Waals surface area (Å²) < 4.78 is 80.2. The van der Waals surface area contributed by atoms with Gasteiger partial charge in [-0.25, -0.2) is 0 Å². The van der Waals surface area contributed by atoms with Crippen molar-refractivity contribution in [1.29, 1.82) is 0 Å². The summed E-state index contributed by atoms with van der Waals surface area (Å²) in [7, 11) is 0. The normalized spacial score (nSPS) is 19.0. The summed E-state index contributed by atoms with van der Waals surface area (Å²) >= 11 is 0. The molecule has 2 atom stereocenters. The molecule has 0 saturated carbocycles. The van der Waals surface area contributed by atoms with Gasteiger partial charge in [0, 0.05) is 5.41 Å². The summed E-state index contributed by atoms with van der Waals surface area (Å²) in [6.45, 7) is 11.8. The number of alkyl halides is 6. The highest BCUT2D eigenvalue weighted by atomic mass is 19.4. The van der Waals surface area contributed by atoms with Crippen molar-refractivity contribution in [2.24, 2.45) is 16.7 Å². The van der Waals surface area contributed by atoms with Crippen LogP contribution in [0.4, 0.5) is 26.3 Å². The van der Waals surface area contributed by atoms with E-state index in [1.165, 1.54) is 6.92 Å². The zero-order valence-corrected chi connectivity index (χ0v) is 13.4. The Balaban J connectivity index is 5.55. The quantitative estimate of drug-likeness (QED) is 0.613. The molecule has 0 amide bonds. The van der Waals surface area contributed by atoms with Crippen LogP contribution in [0.2, 0.25) is 0 Å². The van der Waals surface area contributed by atoms with Gasteiger partial charge in [0.05, 0.1) is 6.10 Å². The minimum absolute atomic E-state index is 0.158. The Morgan fingerprint density at radius 3 is 1.24 bits per heavy atom. The van der Waals surface area contributed by atoms with E-state index < -0.39 is 35.4 Å². The molecule has 0 bridgehead atoms. The predicted molar refractivity (Wildman–Crippen MR) is 68.8 cm³/mol. The van der Waals surface area contributed by atoms with Crippen LogP contribution in [0.5, 0.6) is 0 Å². The summed E-state index contributed by atoms with van der Waals surface area (Å²) in [6.07, 6.45) is -15.9. The van der Waals surface area contributed by atoms with Crippen molar-refractivity contribution in [3.8, 4) is 0 Å². The van der Waals surface area contributed by atoms with E-state index in [2.05, 4.69) is 4.74 Å². The first-order valence-corrected chi connectivity index (χ1v) is 6.74. The second kappa shape index (κ2) is 5.97. The molecular formula is C14H24F6O. The van der Waals surface area contributed by atoms with Gasteiger partial charge in [-0.05, 0) is 18.3 Å². The van der Waals surface area contributed by atoms with E-state index in [-0.39, 0.29) is 5.92 Å². The van der Waals surface area contributed by atoms with Crippen LogP contribution in [0.25, 0.3) is 0 Å². The molecular weight excluding hydrogens is 298 g/mol. The first-order chi connectivity index (χ1) is 8.95. The van der Waals surface area contributed by atoms with Gasteiger partial charge >= 0.3 is 12.4 Å². The Morgan fingerprint density at radius 1 is 0.714 bits per heavy atom. The first kappa shape index (κ1) is 20.5. The van der Waals surface area contributed by atoms with Crippen molar-refractivity contribution >= 4 is 0 Å². The highest BCUT2D eigenvalue weighted by Crippen LogP contribution is 2.49. The SMILES string of the molecule is CC(C)C(C)(C(C)OC(C(F)(F)F)C(F)(F)F)C(C)(C)C. The van der Waals surface area contributed by atoms with Crippen LogP contribution >= 0.6 is 0 Å². The molecule has 2 unspecified atom stereocenters. The van der Waals surface area contributed by atoms with E-state index in [1.807, 2.05) is 0 Å². The van der Waals surface area contributed by atoms with Crippen molar-refractivity contribution in [2.45, 2.75) is 73.0 Å². The minimum atomic E-state index is -5.48. The first-order valence-electron chi connectivity index (χ1n) is 6.74. The second-order valence-corrected chi connectivity index (χ2v) is 6.93. The number of hydrogen-bond donors (Lipinski definition) is 0. The van der Waals surface area contributed by atoms with Crippen LogP contribution in [-0.4, -0.2) is 24.6 Å². The number of rotatable bonds is 4. The molecule has 0 aliphatic heterocycles. The summed E-state index contributed by atoms with van der Waals surface area (Å²) in [6, 6.07) is 0. The highest BCUT2D eigenvalue weighted by Gasteiger charge is 2.60. The Morgan fingerprint density at radius 2 is 1.05 bits per heavy atom. The van der Waals surface area contributed by atoms with Crippen molar-refractivity contribution in [3.63, 3.8) is 0 Å². The molecule has 7 heteroatoms. The minimum Gasteiger partial charge on any atom is -0.357 e. The largest absolute Gasteiger partial charge is 0.423 e. The van der Waals surface area contributed by atoms with E-state index in [4.69, 9.17) is 0 Å². The maximum atomic E-state index is 12.6. The van der Waals surface area contributed by atoms with Crippen molar-refractivity contribution in [2.75, 3.05) is 0 Å². The summed E-state index contributed by atoms with van der Waals surface area (Å²) in [5, 5.41) is 0. The van der Waals surface area contributed by atoms with Gasteiger partial charge in [0.2, 0.25) is 6.10 Å². The third-order valence-electron chi connectivity index (χ3n) is 4.59. The van der Waals surface area contributed by atoms with Crippen LogP contribution in [-0.2, 0) is 4.74 Å². The van der Waals surface area contributed by atoms with Gasteiger partial charge < -0.3 is 4.74 Å². The number of halogens is 6. The fourth-order valence-electron chi connectivity index (χ4n) is 2.63. The molecule has 21 heavy (non-hydrogen) atoms. The predicted octanol–water partition coefficient (Wildman–Crippen LogP) is 5.59. The van der Waals surface area contributed by atoms with Gasteiger partial charge in [-0.2, -0.15) is 26.3 Å². The third kappa shape index (κ3) is 4.50. The summed E-state index contributed by atoms with van der Waals surface area (Å²) in [5.41, 5.74) is -1.38. The van der Waals surface area contributed by atoms with E-state index in [0.29, 0.717) is 0 Å². The Hall–Kier alpha value is -0.460. The Labute approximate surface area is 122 Å². The topological polar surface area (TPSA) is 9.23 Å². The van der Waals surface area contributed by atoms with Crippen LogP contribution < -0.4 is 0 Å². The molecule has 0 heterocycles. The van der Waals surface area contributed by atoms with Gasteiger partial charge in [-0.3, -0.25) is 0 Å². The molecule has 0 N–H and O–H groups in total. The molecule has 1 nitrogen and oxygen atoms in total. The monoisotopic (exact) mass is 322 g/mol. The Kier molecular flexibility index (Phi) is 5.84. The fraction of sp³-hybridized carbons (Fsp3) is 1.00. The van der Waals surface area contributed by atoms with Gasteiger partial charge in [0.15, 0.2) is 0 Å². The molecule has 128 valence electrons. The third-order valence-corrected chi connectivity index (χ3v) is 4.59. The van der Waals surface area contributed by atoms with Gasteiger partial charge in [0.25, 0.3) is 0 Å². The lowest BCUT2D eigenvalue weighted by Crippen LogP contribution is -2.53. The van der Waals surface area contributed by atoms with E-state index in [0.717, 1.165) is 0 Å². The van der Waals surface area contributed by atoms with Crippen molar-refractivity contribution in [1.82, 2.24) is 0 Å². The van der Waals surface area contributed by atoms with Crippen LogP contribution in [0, 0.1) is 16.7 Å². The fourth-order valence-corrected chi connectivity index (χ4v) is 2.63. The van der Waals surface area contributed by atoms with E-state index >= 15 is 0 Å². The molecule has 0 saturated heterocycles. The molecule has 0 spiro atoms. The summed E-state index contributed by atoms with van der Waals surface area (Å²) in [4.78, 5) is 0. The van der Waals surface area contributed by atoms with Crippen LogP contribution in [0.3, 0.4) is 0 Å². The lowest BCUT2D eigenvalue weighted by Gasteiger charge is -2.50. The maximum absolute atomic E-state index is 12.6. The maximum Gasteiger partial charge on any atom is 0.423 e. The molecule has 0 aromatic heterocycles. The molecule has 0 fully saturated rings. The Bertz CT molecular complexity index is 325. The van der Waals surface area contributed by atoms with Gasteiger partial charge in [-0.15, -0.1) is 0 Å². The standard InChI is InChI=1S/C14H24F6O/c1-8(2)12(7,11(4,5)6)9(3)21-10(13(15,16)17)14(18,19)20/h8-10H,1-7H3. The van der Waals surface area contributed by atoms with Crippen molar-refractivity contribution in [3.05, 3.63) is 0 Å². The zero-order valence-electron chi connectivity index (χ0n) is 13.4. The zero-order chi connectivity index (χ0) is 17.4. The van der Waals surface area contributed by atoms with E-state index in [9.17, 15) is 26.3 Å². The van der Waals surface area contributed by atoms with Gasteiger partial charge in [0.1, 0.15) is 0 Å². The van der Waals surface area contributed by atoms with Gasteiger partial charge in [-0.1, -0.05) is 41.5 Å². The van der Waals surface area contributed by atoms with Crippen LogP contribution in [0.15, 0.2) is 0 Å². The smallest absolute Gasteiger partial charge is 0.357 e. The highest BCUT2D eigenvalue weighted by molar-refractivity contribution is 4.95. The molecule has 0 rings (SSSR count). The molecule has 0 aliphatic carbocycles. The van der Waals surface area contributed by atoms with E-state index in [1.54, 1.807) is 41.5 Å². The summed E-state index contributed by atoms with van der Waals surface area (Å²) in [5.74, 6) is -0.158. The lowest BCUT2D eigenvalue weighted by atomic mass is 9.59. The number of hydrogen-bond acceptors (Lipinski definition) is 1. The van der Waals surface area contributed by atoms with Crippen LogP contribution in [0.1, 0.15) is 48.5 Å². The number of ether oxygens (including phenoxy) is 1. The molecule has 0 radical (unpaired) electrons. The average Bonchev–Trinajstić information content (AvgIpc) is 2.18. The lowest BCUT2D eigenvalue weighted by molar-refractivity contribution is -0.340. The second-order valence-electron chi connectivity index (χ2n) is 6.93. The molecule has 0 aliphatic rings. The molecule has 0 aromatic carbocycles.